The molecule has 0 radical (unpaired) electrons. The standard InChI is InChI=1S/C16H17ClN2O2/c17-13-5-4-6-14(10-13)19-15(20)9-12(16(19)21)11-18-7-2-1-3-8-18/h4-6,10-11H,1-3,7-9H2/b12-11-. The van der Waals surface area contributed by atoms with Crippen LogP contribution in [0.4, 0.5) is 5.69 Å². The number of carbonyl (C=O) groups is 2. The average Bonchev–Trinajstić information content (AvgIpc) is 2.74. The van der Waals surface area contributed by atoms with Crippen LogP contribution in [0.2, 0.25) is 5.02 Å². The van der Waals surface area contributed by atoms with Gasteiger partial charge in [-0.2, -0.15) is 0 Å². The van der Waals surface area contributed by atoms with Crippen LogP contribution in [-0.4, -0.2) is 29.8 Å². The highest BCUT2D eigenvalue weighted by Crippen LogP contribution is 2.28. The van der Waals surface area contributed by atoms with Crippen LogP contribution in [0.1, 0.15) is 25.7 Å². The van der Waals surface area contributed by atoms with E-state index in [1.165, 1.54) is 11.3 Å². The zero-order valence-electron chi connectivity index (χ0n) is 11.7. The second-order valence-corrected chi connectivity index (χ2v) is 5.88. The number of imide groups is 1. The van der Waals surface area contributed by atoms with E-state index in [0.29, 0.717) is 16.3 Å². The summed E-state index contributed by atoms with van der Waals surface area (Å²) in [6.07, 6.45) is 5.56. The number of nitrogens with zero attached hydrogens (tertiary/aromatic N) is 2. The Balaban J connectivity index is 1.83. The average molecular weight is 305 g/mol. The first-order chi connectivity index (χ1) is 10.1. The van der Waals surface area contributed by atoms with Crippen molar-refractivity contribution >= 4 is 29.1 Å². The lowest BCUT2D eigenvalue weighted by Gasteiger charge is -2.25. The molecule has 2 saturated heterocycles. The van der Waals surface area contributed by atoms with Crippen LogP contribution < -0.4 is 4.90 Å². The summed E-state index contributed by atoms with van der Waals surface area (Å²) in [6, 6.07) is 6.83. The maximum absolute atomic E-state index is 12.5. The number of likely N-dealkylation sites (tertiary alicyclic amines) is 1. The Morgan fingerprint density at radius 2 is 1.86 bits per heavy atom. The van der Waals surface area contributed by atoms with Crippen molar-refractivity contribution < 1.29 is 9.59 Å². The fourth-order valence-corrected chi connectivity index (χ4v) is 3.00. The molecule has 110 valence electrons. The minimum atomic E-state index is -0.229. The minimum Gasteiger partial charge on any atom is -0.377 e. The molecular formula is C16H17ClN2O2. The number of rotatable bonds is 2. The molecule has 0 bridgehead atoms. The van der Waals surface area contributed by atoms with Crippen LogP contribution in [0, 0.1) is 0 Å². The Hall–Kier alpha value is -1.81. The first-order valence-electron chi connectivity index (χ1n) is 7.23. The van der Waals surface area contributed by atoms with Crippen LogP contribution in [0.25, 0.3) is 0 Å². The van der Waals surface area contributed by atoms with E-state index >= 15 is 0 Å². The highest BCUT2D eigenvalue weighted by Gasteiger charge is 2.35. The maximum Gasteiger partial charge on any atom is 0.262 e. The summed E-state index contributed by atoms with van der Waals surface area (Å²) in [7, 11) is 0. The summed E-state index contributed by atoms with van der Waals surface area (Å²) in [5.41, 5.74) is 1.11. The summed E-state index contributed by atoms with van der Waals surface area (Å²) in [5.74, 6) is -0.418. The third kappa shape index (κ3) is 2.95. The van der Waals surface area contributed by atoms with Gasteiger partial charge >= 0.3 is 0 Å². The van der Waals surface area contributed by atoms with Gasteiger partial charge in [-0.05, 0) is 37.5 Å². The molecule has 3 rings (SSSR count). The molecule has 4 nitrogen and oxygen atoms in total. The predicted molar refractivity (Wildman–Crippen MR) is 82.1 cm³/mol. The van der Waals surface area contributed by atoms with Gasteiger partial charge in [-0.1, -0.05) is 17.7 Å². The number of amides is 2. The molecule has 2 heterocycles. The topological polar surface area (TPSA) is 40.6 Å². The molecule has 0 aromatic heterocycles. The van der Waals surface area contributed by atoms with Crippen molar-refractivity contribution in [1.29, 1.82) is 0 Å². The maximum atomic E-state index is 12.5. The molecule has 2 fully saturated rings. The summed E-state index contributed by atoms with van der Waals surface area (Å²) >= 11 is 5.94. The first kappa shape index (κ1) is 14.1. The van der Waals surface area contributed by atoms with Crippen LogP contribution in [0.3, 0.4) is 0 Å². The van der Waals surface area contributed by atoms with Crippen LogP contribution in [-0.2, 0) is 9.59 Å². The summed E-state index contributed by atoms with van der Waals surface area (Å²) in [5, 5.41) is 0.515. The van der Waals surface area contributed by atoms with Gasteiger partial charge in [0.15, 0.2) is 0 Å². The number of hydrogen-bond donors (Lipinski definition) is 0. The summed E-state index contributed by atoms with van der Waals surface area (Å²) in [4.78, 5) is 28.0. The van der Waals surface area contributed by atoms with E-state index in [1.807, 2.05) is 6.20 Å². The molecule has 0 N–H and O–H groups in total. The Bertz CT molecular complexity index is 606. The van der Waals surface area contributed by atoms with Crippen molar-refractivity contribution in [2.24, 2.45) is 0 Å². The predicted octanol–water partition coefficient (Wildman–Crippen LogP) is 2.97. The van der Waals surface area contributed by atoms with Gasteiger partial charge in [0.2, 0.25) is 5.91 Å². The van der Waals surface area contributed by atoms with E-state index in [0.717, 1.165) is 25.9 Å². The third-order valence-electron chi connectivity index (χ3n) is 3.86. The molecule has 0 unspecified atom stereocenters. The van der Waals surface area contributed by atoms with Crippen molar-refractivity contribution in [2.75, 3.05) is 18.0 Å². The second-order valence-electron chi connectivity index (χ2n) is 5.44. The molecule has 0 spiro atoms. The van der Waals surface area contributed by atoms with Gasteiger partial charge < -0.3 is 4.90 Å². The van der Waals surface area contributed by atoms with Crippen LogP contribution in [0.15, 0.2) is 36.0 Å². The number of benzene rings is 1. The van der Waals surface area contributed by atoms with Gasteiger partial charge in [-0.3, -0.25) is 9.59 Å². The van der Waals surface area contributed by atoms with Crippen LogP contribution >= 0.6 is 11.6 Å². The Labute approximate surface area is 129 Å². The van der Waals surface area contributed by atoms with Gasteiger partial charge in [0, 0.05) is 29.9 Å². The molecular weight excluding hydrogens is 288 g/mol. The van der Waals surface area contributed by atoms with Gasteiger partial charge in [-0.25, -0.2) is 4.90 Å². The number of piperidine rings is 1. The van der Waals surface area contributed by atoms with E-state index in [1.54, 1.807) is 24.3 Å². The van der Waals surface area contributed by atoms with Crippen molar-refractivity contribution in [3.8, 4) is 0 Å². The van der Waals surface area contributed by atoms with E-state index < -0.39 is 0 Å². The van der Waals surface area contributed by atoms with E-state index in [2.05, 4.69) is 4.90 Å². The van der Waals surface area contributed by atoms with Gasteiger partial charge in [-0.15, -0.1) is 0 Å². The van der Waals surface area contributed by atoms with Crippen LogP contribution in [0.5, 0.6) is 0 Å². The Morgan fingerprint density at radius 1 is 1.10 bits per heavy atom. The summed E-state index contributed by atoms with van der Waals surface area (Å²) in [6.45, 7) is 1.92. The molecule has 0 aliphatic carbocycles. The third-order valence-corrected chi connectivity index (χ3v) is 4.10. The highest BCUT2D eigenvalue weighted by atomic mass is 35.5. The molecule has 21 heavy (non-hydrogen) atoms. The zero-order valence-corrected chi connectivity index (χ0v) is 12.5. The Kier molecular flexibility index (Phi) is 3.97. The molecule has 2 aliphatic heterocycles. The van der Waals surface area contributed by atoms with Gasteiger partial charge in [0.1, 0.15) is 0 Å². The van der Waals surface area contributed by atoms with Gasteiger partial charge in [0.25, 0.3) is 5.91 Å². The SMILES string of the molecule is O=C1C/C(=C/N2CCCCC2)C(=O)N1c1cccc(Cl)c1. The molecule has 1 aromatic carbocycles. The first-order valence-corrected chi connectivity index (χ1v) is 7.60. The lowest BCUT2D eigenvalue weighted by Crippen LogP contribution is -2.29. The number of halogens is 1. The van der Waals surface area contributed by atoms with E-state index in [9.17, 15) is 9.59 Å². The zero-order chi connectivity index (χ0) is 14.8. The van der Waals surface area contributed by atoms with Gasteiger partial charge in [0.05, 0.1) is 12.1 Å². The highest BCUT2D eigenvalue weighted by molar-refractivity contribution is 6.32. The van der Waals surface area contributed by atoms with E-state index in [-0.39, 0.29) is 18.2 Å². The monoisotopic (exact) mass is 304 g/mol. The smallest absolute Gasteiger partial charge is 0.262 e. The fourth-order valence-electron chi connectivity index (χ4n) is 2.82. The van der Waals surface area contributed by atoms with E-state index in [4.69, 9.17) is 11.6 Å². The summed E-state index contributed by atoms with van der Waals surface area (Å²) < 4.78 is 0. The van der Waals surface area contributed by atoms with Crippen molar-refractivity contribution in [3.63, 3.8) is 0 Å². The fraction of sp³-hybridized carbons (Fsp3) is 0.375. The lowest BCUT2D eigenvalue weighted by atomic mass is 10.1. The van der Waals surface area contributed by atoms with Crippen molar-refractivity contribution in [2.45, 2.75) is 25.7 Å². The lowest BCUT2D eigenvalue weighted by molar-refractivity contribution is -0.120. The normalized spacial score (nSPS) is 21.5. The molecule has 1 aromatic rings. The molecule has 0 atom stereocenters. The number of hydrogen-bond acceptors (Lipinski definition) is 3. The minimum absolute atomic E-state index is 0.168. The number of carbonyl (C=O) groups excluding carboxylic acids is 2. The molecule has 2 aliphatic rings. The molecule has 2 amide bonds. The van der Waals surface area contributed by atoms with Crippen molar-refractivity contribution in [3.05, 3.63) is 41.1 Å². The quantitative estimate of drug-likeness (QED) is 0.623. The van der Waals surface area contributed by atoms with Crippen molar-refractivity contribution in [1.82, 2.24) is 4.90 Å². The largest absolute Gasteiger partial charge is 0.377 e. The molecule has 0 saturated carbocycles. The number of anilines is 1. The Morgan fingerprint density at radius 3 is 2.57 bits per heavy atom. The second kappa shape index (κ2) is 5.90. The molecule has 5 heteroatoms.